The third-order valence-electron chi connectivity index (χ3n) is 5.91. The largest absolute Gasteiger partial charge is 0.482 e. The molecule has 174 valence electrons. The average molecular weight is 456 g/mol. The van der Waals surface area contributed by atoms with Gasteiger partial charge >= 0.3 is 5.97 Å². The molecule has 0 unspecified atom stereocenters. The van der Waals surface area contributed by atoms with E-state index in [1.165, 1.54) is 11.1 Å². The Morgan fingerprint density at radius 1 is 0.971 bits per heavy atom. The number of hydrogen-bond acceptors (Lipinski definition) is 4. The van der Waals surface area contributed by atoms with Gasteiger partial charge in [-0.15, -0.1) is 0 Å². The highest BCUT2D eigenvalue weighted by Gasteiger charge is 2.19. The molecule has 4 rings (SSSR count). The van der Waals surface area contributed by atoms with E-state index in [-0.39, 0.29) is 12.7 Å². The first kappa shape index (κ1) is 23.3. The summed E-state index contributed by atoms with van der Waals surface area (Å²) in [5.41, 5.74) is 6.56. The Hall–Kier alpha value is -3.86. The first-order chi connectivity index (χ1) is 16.6. The van der Waals surface area contributed by atoms with Crippen LogP contribution in [0.5, 0.6) is 5.75 Å². The van der Waals surface area contributed by atoms with Gasteiger partial charge in [-0.3, -0.25) is 0 Å². The number of carboxylic acid groups (broad SMARTS) is 1. The normalized spacial score (nSPS) is 14.6. The summed E-state index contributed by atoms with van der Waals surface area (Å²) in [7, 11) is 0. The van der Waals surface area contributed by atoms with Gasteiger partial charge in [0.15, 0.2) is 12.7 Å². The summed E-state index contributed by atoms with van der Waals surface area (Å²) < 4.78 is 5.49. The molecule has 0 saturated heterocycles. The van der Waals surface area contributed by atoms with Crippen LogP contribution < -0.4 is 4.74 Å². The number of rotatable bonds is 9. The summed E-state index contributed by atoms with van der Waals surface area (Å²) in [6.45, 7) is 1.75. The van der Waals surface area contributed by atoms with Gasteiger partial charge in [0.25, 0.3) is 0 Å². The van der Waals surface area contributed by atoms with Crippen molar-refractivity contribution >= 4 is 11.7 Å². The first-order valence-electron chi connectivity index (χ1n) is 11.6. The van der Waals surface area contributed by atoms with Crippen molar-refractivity contribution in [2.75, 3.05) is 6.61 Å². The van der Waals surface area contributed by atoms with Crippen LogP contribution in [0.4, 0.5) is 0 Å². The molecule has 1 aliphatic rings. The van der Waals surface area contributed by atoms with Crippen molar-refractivity contribution in [3.8, 4) is 5.75 Å². The Balaban J connectivity index is 1.52. The van der Waals surface area contributed by atoms with Crippen molar-refractivity contribution in [1.82, 2.24) is 0 Å². The lowest BCUT2D eigenvalue weighted by Crippen LogP contribution is -2.13. The van der Waals surface area contributed by atoms with E-state index in [0.717, 1.165) is 48.1 Å². The van der Waals surface area contributed by atoms with E-state index in [1.54, 1.807) is 0 Å². The Labute approximate surface area is 200 Å². The number of fused-ring (bicyclic) bond motifs is 1. The molecule has 1 aliphatic carbocycles. The number of hydrogen-bond donors (Lipinski definition) is 1. The lowest BCUT2D eigenvalue weighted by atomic mass is 9.86. The maximum Gasteiger partial charge on any atom is 0.341 e. The smallest absolute Gasteiger partial charge is 0.341 e. The standard InChI is InChI=1S/C29H29NO4/c1-2-25(30-34-29(22-10-5-3-6-11-22)23-12-7-4-8-13-23)19-21-16-17-26-24(18-21)14-9-15-27(26)33-20-28(31)32/h3-15,19,29H,2,16-18,20H2,1H3,(H,31,32). The number of allylic oxidation sites excluding steroid dienone is 2. The lowest BCUT2D eigenvalue weighted by molar-refractivity contribution is -0.139. The van der Waals surface area contributed by atoms with E-state index in [2.05, 4.69) is 48.5 Å². The van der Waals surface area contributed by atoms with Crippen molar-refractivity contribution in [2.45, 2.75) is 38.7 Å². The molecule has 5 heteroatoms. The zero-order valence-electron chi connectivity index (χ0n) is 19.3. The molecule has 0 heterocycles. The van der Waals surface area contributed by atoms with Crippen LogP contribution in [0.25, 0.3) is 0 Å². The molecule has 0 amide bonds. The van der Waals surface area contributed by atoms with E-state index in [1.807, 2.05) is 48.5 Å². The minimum atomic E-state index is -0.970. The molecule has 0 spiro atoms. The molecule has 0 fully saturated rings. The second-order valence-electron chi connectivity index (χ2n) is 8.30. The summed E-state index contributed by atoms with van der Waals surface area (Å²) in [6, 6.07) is 26.1. The maximum atomic E-state index is 10.9. The number of ether oxygens (including phenoxy) is 1. The topological polar surface area (TPSA) is 68.1 Å². The Morgan fingerprint density at radius 2 is 1.65 bits per heavy atom. The van der Waals surface area contributed by atoms with Crippen LogP contribution >= 0.6 is 0 Å². The van der Waals surface area contributed by atoms with Crippen LogP contribution in [0, 0.1) is 0 Å². The Morgan fingerprint density at radius 3 is 2.26 bits per heavy atom. The van der Waals surface area contributed by atoms with E-state index >= 15 is 0 Å². The van der Waals surface area contributed by atoms with Crippen molar-refractivity contribution in [2.24, 2.45) is 5.16 Å². The van der Waals surface area contributed by atoms with Crippen molar-refractivity contribution in [1.29, 1.82) is 0 Å². The zero-order chi connectivity index (χ0) is 23.8. The van der Waals surface area contributed by atoms with E-state index in [0.29, 0.717) is 5.75 Å². The van der Waals surface area contributed by atoms with Crippen molar-refractivity contribution < 1.29 is 19.5 Å². The van der Waals surface area contributed by atoms with Gasteiger partial charge in [0.05, 0.1) is 5.71 Å². The predicted molar refractivity (Wildman–Crippen MR) is 133 cm³/mol. The van der Waals surface area contributed by atoms with Crippen LogP contribution in [0.1, 0.15) is 48.1 Å². The van der Waals surface area contributed by atoms with Gasteiger partial charge in [0.1, 0.15) is 5.75 Å². The fourth-order valence-electron chi connectivity index (χ4n) is 4.20. The monoisotopic (exact) mass is 455 g/mol. The fourth-order valence-corrected chi connectivity index (χ4v) is 4.20. The third kappa shape index (κ3) is 5.93. The molecule has 1 N–H and O–H groups in total. The summed E-state index contributed by atoms with van der Waals surface area (Å²) in [6.07, 6.45) is 5.10. The number of aliphatic carboxylic acids is 1. The van der Waals surface area contributed by atoms with E-state index in [4.69, 9.17) is 14.7 Å². The molecular formula is C29H29NO4. The Bertz CT molecular complexity index is 1130. The van der Waals surface area contributed by atoms with E-state index in [9.17, 15) is 4.79 Å². The molecule has 0 radical (unpaired) electrons. The highest BCUT2D eigenvalue weighted by atomic mass is 16.6. The second kappa shape index (κ2) is 11.3. The van der Waals surface area contributed by atoms with Crippen molar-refractivity contribution in [3.05, 3.63) is 113 Å². The molecule has 34 heavy (non-hydrogen) atoms. The number of carboxylic acids is 1. The zero-order valence-corrected chi connectivity index (χ0v) is 19.3. The molecule has 5 nitrogen and oxygen atoms in total. The number of nitrogens with zero attached hydrogens (tertiary/aromatic N) is 1. The maximum absolute atomic E-state index is 10.9. The van der Waals surface area contributed by atoms with Crippen molar-refractivity contribution in [3.63, 3.8) is 0 Å². The average Bonchev–Trinajstić information content (AvgIpc) is 2.88. The lowest BCUT2D eigenvalue weighted by Gasteiger charge is -2.22. The summed E-state index contributed by atoms with van der Waals surface area (Å²) in [5.74, 6) is -0.303. The predicted octanol–water partition coefficient (Wildman–Crippen LogP) is 6.14. The number of carbonyl (C=O) groups is 1. The molecule has 0 aromatic heterocycles. The van der Waals surface area contributed by atoms with Crippen LogP contribution in [-0.2, 0) is 22.5 Å². The van der Waals surface area contributed by atoms with Crippen LogP contribution in [0.2, 0.25) is 0 Å². The van der Waals surface area contributed by atoms with E-state index < -0.39 is 5.97 Å². The third-order valence-corrected chi connectivity index (χ3v) is 5.91. The van der Waals surface area contributed by atoms with Gasteiger partial charge in [0, 0.05) is 0 Å². The Kier molecular flexibility index (Phi) is 7.76. The minimum absolute atomic E-state index is 0.275. The van der Waals surface area contributed by atoms with Gasteiger partial charge in [-0.2, -0.15) is 0 Å². The van der Waals surface area contributed by atoms with Gasteiger partial charge < -0.3 is 14.7 Å². The molecule has 0 saturated carbocycles. The summed E-state index contributed by atoms with van der Waals surface area (Å²) in [5, 5.41) is 13.5. The SMILES string of the molecule is CCC(C=C1CCc2c(cccc2OCC(=O)O)C1)=NOC(c1ccccc1)c1ccccc1. The fraction of sp³-hybridized carbons (Fsp3) is 0.241. The highest BCUT2D eigenvalue weighted by molar-refractivity contribution is 5.95. The minimum Gasteiger partial charge on any atom is -0.482 e. The van der Waals surface area contributed by atoms with Crippen LogP contribution in [-0.4, -0.2) is 23.4 Å². The second-order valence-corrected chi connectivity index (χ2v) is 8.30. The van der Waals surface area contributed by atoms with Gasteiger partial charge in [-0.1, -0.05) is 90.4 Å². The molecule has 3 aromatic carbocycles. The molecule has 0 atom stereocenters. The highest BCUT2D eigenvalue weighted by Crippen LogP contribution is 2.32. The quantitative estimate of drug-likeness (QED) is 0.311. The summed E-state index contributed by atoms with van der Waals surface area (Å²) >= 11 is 0. The van der Waals surface area contributed by atoms with Gasteiger partial charge in [0.2, 0.25) is 0 Å². The first-order valence-corrected chi connectivity index (χ1v) is 11.6. The molecule has 0 bridgehead atoms. The van der Waals surface area contributed by atoms with Crippen LogP contribution in [0.3, 0.4) is 0 Å². The molecular weight excluding hydrogens is 426 g/mol. The summed E-state index contributed by atoms with van der Waals surface area (Å²) in [4.78, 5) is 17.0. The van der Waals surface area contributed by atoms with Gasteiger partial charge in [-0.05, 0) is 60.1 Å². The number of benzene rings is 3. The molecule has 0 aliphatic heterocycles. The van der Waals surface area contributed by atoms with Gasteiger partial charge in [-0.25, -0.2) is 4.79 Å². The molecule has 3 aromatic rings. The number of oxime groups is 1. The van der Waals surface area contributed by atoms with Crippen LogP contribution in [0.15, 0.2) is 95.7 Å².